The van der Waals surface area contributed by atoms with Crippen LogP contribution in [0.1, 0.15) is 23.3 Å². The predicted octanol–water partition coefficient (Wildman–Crippen LogP) is 1.77. The molecule has 2 aromatic rings. The molecule has 1 aliphatic heterocycles. The van der Waals surface area contributed by atoms with Crippen molar-refractivity contribution in [1.82, 2.24) is 19.0 Å². The van der Waals surface area contributed by atoms with Crippen molar-refractivity contribution < 1.29 is 4.79 Å². The number of rotatable bonds is 3. The number of amides is 1. The second-order valence-electron chi connectivity index (χ2n) is 5.52. The second-order valence-corrected chi connectivity index (χ2v) is 5.52. The summed E-state index contributed by atoms with van der Waals surface area (Å²) in [7, 11) is 1.92. The molecule has 1 atom stereocenters. The molecule has 0 aliphatic carbocycles. The van der Waals surface area contributed by atoms with E-state index in [0.717, 1.165) is 31.7 Å². The normalized spacial score (nSPS) is 19.2. The van der Waals surface area contributed by atoms with Gasteiger partial charge in [-0.2, -0.15) is 0 Å². The Kier molecular flexibility index (Phi) is 3.58. The summed E-state index contributed by atoms with van der Waals surface area (Å²) in [5, 5.41) is 0. The van der Waals surface area contributed by atoms with Crippen LogP contribution in [0.25, 0.3) is 0 Å². The minimum Gasteiger partial charge on any atom is -0.347 e. The number of hydrogen-bond donors (Lipinski definition) is 0. The maximum atomic E-state index is 12.5. The van der Waals surface area contributed by atoms with Gasteiger partial charge in [0.05, 0.1) is 6.33 Å². The highest BCUT2D eigenvalue weighted by Crippen LogP contribution is 2.20. The minimum atomic E-state index is 0.146. The Morgan fingerprint density at radius 2 is 2.35 bits per heavy atom. The van der Waals surface area contributed by atoms with E-state index >= 15 is 0 Å². The molecule has 0 saturated carbocycles. The molecule has 1 saturated heterocycles. The molecule has 3 rings (SSSR count). The molecule has 5 heteroatoms. The zero-order valence-electron chi connectivity index (χ0n) is 11.8. The van der Waals surface area contributed by atoms with Gasteiger partial charge in [-0.25, -0.2) is 4.98 Å². The van der Waals surface area contributed by atoms with Gasteiger partial charge >= 0.3 is 0 Å². The molecular weight excluding hydrogens is 252 g/mol. The summed E-state index contributed by atoms with van der Waals surface area (Å²) in [6, 6.07) is 3.81. The van der Waals surface area contributed by atoms with Gasteiger partial charge in [-0.15, -0.1) is 0 Å². The molecule has 5 nitrogen and oxygen atoms in total. The van der Waals surface area contributed by atoms with Gasteiger partial charge < -0.3 is 14.0 Å². The van der Waals surface area contributed by atoms with E-state index in [4.69, 9.17) is 0 Å². The zero-order valence-corrected chi connectivity index (χ0v) is 11.8. The fourth-order valence-electron chi connectivity index (χ4n) is 2.94. The van der Waals surface area contributed by atoms with Crippen LogP contribution in [0.5, 0.6) is 0 Å². The Morgan fingerprint density at radius 1 is 1.45 bits per heavy atom. The van der Waals surface area contributed by atoms with Crippen molar-refractivity contribution in [2.75, 3.05) is 13.1 Å². The van der Waals surface area contributed by atoms with Crippen molar-refractivity contribution in [2.24, 2.45) is 13.0 Å². The number of carbonyl (C=O) groups is 1. The smallest absolute Gasteiger partial charge is 0.270 e. The summed E-state index contributed by atoms with van der Waals surface area (Å²) in [6.07, 6.45) is 9.80. The molecule has 1 unspecified atom stereocenters. The van der Waals surface area contributed by atoms with Crippen LogP contribution in [-0.4, -0.2) is 38.0 Å². The fraction of sp³-hybridized carbons (Fsp3) is 0.467. The van der Waals surface area contributed by atoms with Gasteiger partial charge in [-0.05, 0) is 30.9 Å². The summed E-state index contributed by atoms with van der Waals surface area (Å²) in [5.41, 5.74) is 0.772. The Balaban J connectivity index is 1.66. The molecule has 2 aromatic heterocycles. The van der Waals surface area contributed by atoms with Crippen molar-refractivity contribution in [3.8, 4) is 0 Å². The van der Waals surface area contributed by atoms with Crippen molar-refractivity contribution in [3.63, 3.8) is 0 Å². The average molecular weight is 272 g/mol. The first-order valence-corrected chi connectivity index (χ1v) is 7.10. The van der Waals surface area contributed by atoms with Crippen molar-refractivity contribution >= 4 is 5.91 Å². The number of carbonyl (C=O) groups excluding carboxylic acids is 1. The van der Waals surface area contributed by atoms with Crippen molar-refractivity contribution in [2.45, 2.75) is 19.4 Å². The molecule has 0 aromatic carbocycles. The minimum absolute atomic E-state index is 0.146. The summed E-state index contributed by atoms with van der Waals surface area (Å²) in [6.45, 7) is 2.64. The molecule has 1 amide bonds. The maximum Gasteiger partial charge on any atom is 0.270 e. The van der Waals surface area contributed by atoms with Gasteiger partial charge in [0.15, 0.2) is 0 Å². The molecule has 0 radical (unpaired) electrons. The molecule has 0 spiro atoms. The molecular formula is C15H20N4O. The lowest BCUT2D eigenvalue weighted by Gasteiger charge is -2.33. The summed E-state index contributed by atoms with van der Waals surface area (Å²) in [4.78, 5) is 18.6. The number of hydrogen-bond acceptors (Lipinski definition) is 2. The first kappa shape index (κ1) is 13.0. The maximum absolute atomic E-state index is 12.5. The van der Waals surface area contributed by atoms with E-state index in [-0.39, 0.29) is 5.91 Å². The lowest BCUT2D eigenvalue weighted by molar-refractivity contribution is 0.0652. The third-order valence-corrected chi connectivity index (χ3v) is 4.00. The highest BCUT2D eigenvalue weighted by molar-refractivity contribution is 5.92. The van der Waals surface area contributed by atoms with Crippen LogP contribution in [0.3, 0.4) is 0 Å². The van der Waals surface area contributed by atoms with E-state index < -0.39 is 0 Å². The number of nitrogens with zero attached hydrogens (tertiary/aromatic N) is 4. The topological polar surface area (TPSA) is 43.1 Å². The molecule has 3 heterocycles. The molecule has 20 heavy (non-hydrogen) atoms. The van der Waals surface area contributed by atoms with Gasteiger partial charge in [-0.3, -0.25) is 4.79 Å². The van der Waals surface area contributed by atoms with E-state index in [1.54, 1.807) is 6.20 Å². The Labute approximate surface area is 118 Å². The number of aromatic nitrogens is 3. The fourth-order valence-corrected chi connectivity index (χ4v) is 2.94. The van der Waals surface area contributed by atoms with Gasteiger partial charge in [0, 0.05) is 45.3 Å². The number of likely N-dealkylation sites (tertiary alicyclic amines) is 1. The highest BCUT2D eigenvalue weighted by atomic mass is 16.2. The van der Waals surface area contributed by atoms with E-state index in [2.05, 4.69) is 9.55 Å². The largest absolute Gasteiger partial charge is 0.347 e. The molecule has 1 aliphatic rings. The van der Waals surface area contributed by atoms with E-state index in [0.29, 0.717) is 5.92 Å². The van der Waals surface area contributed by atoms with Crippen LogP contribution in [0.15, 0.2) is 37.1 Å². The van der Waals surface area contributed by atoms with E-state index in [9.17, 15) is 4.79 Å². The van der Waals surface area contributed by atoms with Crippen LogP contribution >= 0.6 is 0 Å². The number of aryl methyl sites for hydroxylation is 1. The second kappa shape index (κ2) is 5.53. The van der Waals surface area contributed by atoms with E-state index in [1.165, 1.54) is 6.42 Å². The highest BCUT2D eigenvalue weighted by Gasteiger charge is 2.25. The van der Waals surface area contributed by atoms with Crippen LogP contribution in [0, 0.1) is 5.92 Å². The third-order valence-electron chi connectivity index (χ3n) is 4.00. The summed E-state index contributed by atoms with van der Waals surface area (Å²) < 4.78 is 3.99. The van der Waals surface area contributed by atoms with Crippen LogP contribution in [0.2, 0.25) is 0 Å². The lowest BCUT2D eigenvalue weighted by Crippen LogP contribution is -2.41. The average Bonchev–Trinajstić information content (AvgIpc) is 3.10. The first-order valence-electron chi connectivity index (χ1n) is 7.10. The van der Waals surface area contributed by atoms with Crippen molar-refractivity contribution in [3.05, 3.63) is 42.7 Å². The lowest BCUT2D eigenvalue weighted by atomic mass is 9.97. The number of imidazole rings is 1. The van der Waals surface area contributed by atoms with E-state index in [1.807, 2.05) is 47.4 Å². The molecule has 106 valence electrons. The first-order chi connectivity index (χ1) is 9.74. The summed E-state index contributed by atoms with van der Waals surface area (Å²) in [5.74, 6) is 0.662. The van der Waals surface area contributed by atoms with Gasteiger partial charge in [0.25, 0.3) is 5.91 Å². The van der Waals surface area contributed by atoms with Gasteiger partial charge in [0.1, 0.15) is 5.69 Å². The number of piperidine rings is 1. The molecule has 0 bridgehead atoms. The molecule has 0 N–H and O–H groups in total. The summed E-state index contributed by atoms with van der Waals surface area (Å²) >= 11 is 0. The van der Waals surface area contributed by atoms with Crippen LogP contribution in [0.4, 0.5) is 0 Å². The van der Waals surface area contributed by atoms with Crippen LogP contribution in [-0.2, 0) is 13.6 Å². The molecule has 1 fully saturated rings. The Bertz CT molecular complexity index is 572. The van der Waals surface area contributed by atoms with Crippen molar-refractivity contribution in [1.29, 1.82) is 0 Å². The predicted molar refractivity (Wildman–Crippen MR) is 76.3 cm³/mol. The zero-order chi connectivity index (χ0) is 13.9. The standard InChI is InChI=1S/C15H20N4O/c1-17-7-3-5-14(17)15(20)19-8-2-4-13(11-19)10-18-9-6-16-12-18/h3,5-7,9,12-13H,2,4,8,10-11H2,1H3. The van der Waals surface area contributed by atoms with Crippen LogP contribution < -0.4 is 0 Å². The monoisotopic (exact) mass is 272 g/mol. The van der Waals surface area contributed by atoms with Gasteiger partial charge in [-0.1, -0.05) is 0 Å². The SMILES string of the molecule is Cn1cccc1C(=O)N1CCCC(Cn2ccnc2)C1. The Morgan fingerprint density at radius 3 is 3.05 bits per heavy atom. The Hall–Kier alpha value is -2.04. The van der Waals surface area contributed by atoms with Gasteiger partial charge in [0.2, 0.25) is 0 Å². The quantitative estimate of drug-likeness (QED) is 0.854. The third kappa shape index (κ3) is 2.61.